The van der Waals surface area contributed by atoms with Gasteiger partial charge >= 0.3 is 10.3 Å². The molecule has 0 fully saturated rings. The van der Waals surface area contributed by atoms with Gasteiger partial charge in [-0.15, -0.1) is 11.3 Å². The number of hydrogen-bond acceptors (Lipinski definition) is 5. The molecule has 9 heteroatoms. The highest BCUT2D eigenvalue weighted by Gasteiger charge is 2.24. The Kier molecular flexibility index (Phi) is 8.00. The molecule has 170 valence electrons. The van der Waals surface area contributed by atoms with Crippen molar-refractivity contribution in [1.29, 1.82) is 0 Å². The lowest BCUT2D eigenvalue weighted by molar-refractivity contribution is -0.121. The minimum Gasteiger partial charge on any atom is -0.288 e. The Balaban J connectivity index is 1.73. The number of rotatable bonds is 10. The second-order valence-corrected chi connectivity index (χ2v) is 9.82. The van der Waals surface area contributed by atoms with Gasteiger partial charge in [0.2, 0.25) is 5.91 Å². The predicted octanol–water partition coefficient (Wildman–Crippen LogP) is 4.37. The zero-order chi connectivity index (χ0) is 23.1. The molecule has 0 aliphatic heterocycles. The van der Waals surface area contributed by atoms with E-state index in [0.29, 0.717) is 24.5 Å². The van der Waals surface area contributed by atoms with Crippen molar-refractivity contribution in [1.82, 2.24) is 4.98 Å². The van der Waals surface area contributed by atoms with Gasteiger partial charge in [0, 0.05) is 23.5 Å². The molecule has 2 N–H and O–H groups in total. The van der Waals surface area contributed by atoms with Crippen molar-refractivity contribution in [3.8, 4) is 0 Å². The van der Waals surface area contributed by atoms with Crippen LogP contribution >= 0.6 is 11.3 Å². The van der Waals surface area contributed by atoms with Crippen LogP contribution in [0.25, 0.3) is 0 Å². The molecule has 32 heavy (non-hydrogen) atoms. The fourth-order valence-electron chi connectivity index (χ4n) is 3.34. The van der Waals surface area contributed by atoms with Crippen LogP contribution in [0, 0.1) is 5.92 Å². The highest BCUT2D eigenvalue weighted by atomic mass is 32.2. The third-order valence-electron chi connectivity index (χ3n) is 5.02. The maximum atomic E-state index is 13.4. The van der Waals surface area contributed by atoms with E-state index in [1.165, 1.54) is 11.3 Å². The van der Waals surface area contributed by atoms with Gasteiger partial charge < -0.3 is 0 Å². The number of thiazole rings is 1. The summed E-state index contributed by atoms with van der Waals surface area (Å²) in [7, 11) is -4.31. The van der Waals surface area contributed by atoms with Gasteiger partial charge in [-0.05, 0) is 42.5 Å². The average molecular weight is 474 g/mol. The Bertz CT molecular complexity index is 1130. The zero-order valence-electron chi connectivity index (χ0n) is 18.1. The van der Waals surface area contributed by atoms with E-state index in [1.807, 2.05) is 48.2 Å². The SMILES string of the molecule is CCc1cnc(N(CCc2ccc(NS(=O)(=O)O)cc2)C(=O)C(C)Cc2ccccc2)s1. The Morgan fingerprint density at radius 1 is 1.12 bits per heavy atom. The Morgan fingerprint density at radius 2 is 1.81 bits per heavy atom. The van der Waals surface area contributed by atoms with E-state index in [-0.39, 0.29) is 17.5 Å². The van der Waals surface area contributed by atoms with Crippen LogP contribution in [0.3, 0.4) is 0 Å². The molecule has 1 amide bonds. The third-order valence-corrected chi connectivity index (χ3v) is 6.68. The number of anilines is 2. The molecule has 3 rings (SSSR count). The maximum Gasteiger partial charge on any atom is 0.357 e. The van der Waals surface area contributed by atoms with Crippen molar-refractivity contribution in [2.45, 2.75) is 33.1 Å². The molecule has 0 aliphatic carbocycles. The zero-order valence-corrected chi connectivity index (χ0v) is 19.7. The number of nitrogens with one attached hydrogen (secondary N) is 1. The molecule has 1 atom stereocenters. The first-order valence-corrected chi connectivity index (χ1v) is 12.6. The minimum absolute atomic E-state index is 0.0236. The number of aromatic nitrogens is 1. The van der Waals surface area contributed by atoms with Crippen molar-refractivity contribution < 1.29 is 17.8 Å². The lowest BCUT2D eigenvalue weighted by Gasteiger charge is -2.24. The summed E-state index contributed by atoms with van der Waals surface area (Å²) in [6.45, 7) is 4.45. The van der Waals surface area contributed by atoms with Gasteiger partial charge in [0.1, 0.15) is 0 Å². The quantitative estimate of drug-likeness (QED) is 0.426. The molecule has 0 aliphatic rings. The van der Waals surface area contributed by atoms with E-state index in [4.69, 9.17) is 4.55 Å². The van der Waals surface area contributed by atoms with Crippen molar-refractivity contribution >= 4 is 38.4 Å². The molecule has 7 nitrogen and oxygen atoms in total. The molecule has 1 heterocycles. The number of hydrogen-bond donors (Lipinski definition) is 2. The molecule has 1 aromatic heterocycles. The van der Waals surface area contributed by atoms with Crippen LogP contribution < -0.4 is 9.62 Å². The van der Waals surface area contributed by atoms with Crippen molar-refractivity contribution in [2.24, 2.45) is 5.92 Å². The molecular weight excluding hydrogens is 446 g/mol. The summed E-state index contributed by atoms with van der Waals surface area (Å²) < 4.78 is 32.8. The largest absolute Gasteiger partial charge is 0.357 e. The number of nitrogens with zero attached hydrogens (tertiary/aromatic N) is 2. The van der Waals surface area contributed by atoms with Crippen LogP contribution in [0.4, 0.5) is 10.8 Å². The number of benzene rings is 2. The van der Waals surface area contributed by atoms with Gasteiger partial charge in [-0.1, -0.05) is 56.3 Å². The van der Waals surface area contributed by atoms with Crippen LogP contribution in [-0.4, -0.2) is 30.4 Å². The molecule has 0 bridgehead atoms. The molecule has 0 spiro atoms. The molecule has 1 unspecified atom stereocenters. The fraction of sp³-hybridized carbons (Fsp3) is 0.304. The summed E-state index contributed by atoms with van der Waals surface area (Å²) in [4.78, 5) is 20.7. The van der Waals surface area contributed by atoms with Gasteiger partial charge in [-0.3, -0.25) is 19.0 Å². The highest BCUT2D eigenvalue weighted by Crippen LogP contribution is 2.26. The van der Waals surface area contributed by atoms with Crippen LogP contribution in [0.1, 0.15) is 29.9 Å². The lowest BCUT2D eigenvalue weighted by Crippen LogP contribution is -2.37. The van der Waals surface area contributed by atoms with Gasteiger partial charge in [0.05, 0.1) is 5.69 Å². The average Bonchev–Trinajstić information content (AvgIpc) is 3.23. The second kappa shape index (κ2) is 10.7. The van der Waals surface area contributed by atoms with E-state index in [2.05, 4.69) is 11.9 Å². The molecule has 3 aromatic rings. The summed E-state index contributed by atoms with van der Waals surface area (Å²) in [6.07, 6.45) is 3.91. The lowest BCUT2D eigenvalue weighted by atomic mass is 9.99. The fourth-order valence-corrected chi connectivity index (χ4v) is 4.65. The smallest absolute Gasteiger partial charge is 0.288 e. The molecule has 0 saturated carbocycles. The highest BCUT2D eigenvalue weighted by molar-refractivity contribution is 7.87. The second-order valence-electron chi connectivity index (χ2n) is 7.57. The van der Waals surface area contributed by atoms with Gasteiger partial charge in [0.15, 0.2) is 5.13 Å². The van der Waals surface area contributed by atoms with Crippen molar-refractivity contribution in [2.75, 3.05) is 16.2 Å². The number of amides is 1. The van der Waals surface area contributed by atoms with Crippen LogP contribution in [-0.2, 0) is 34.4 Å². The van der Waals surface area contributed by atoms with Gasteiger partial charge in [-0.25, -0.2) is 4.98 Å². The topological polar surface area (TPSA) is 99.6 Å². The normalized spacial score (nSPS) is 12.3. The van der Waals surface area contributed by atoms with Crippen LogP contribution in [0.5, 0.6) is 0 Å². The van der Waals surface area contributed by atoms with Crippen LogP contribution in [0.15, 0.2) is 60.8 Å². The number of carbonyl (C=O) groups excluding carboxylic acids is 1. The standard InChI is InChI=1S/C23H27N3O4S2/c1-3-21-16-24-23(31-21)26(22(27)17(2)15-19-7-5-4-6-8-19)14-13-18-9-11-20(12-10-18)25-32(28,29)30/h4-12,16-17,25H,3,13-15H2,1-2H3,(H,28,29,30). The summed E-state index contributed by atoms with van der Waals surface area (Å²) in [5.74, 6) is -0.178. The van der Waals surface area contributed by atoms with Gasteiger partial charge in [0.25, 0.3) is 0 Å². The molecule has 0 saturated heterocycles. The number of carbonyl (C=O) groups is 1. The van der Waals surface area contributed by atoms with Crippen LogP contribution in [0.2, 0.25) is 0 Å². The van der Waals surface area contributed by atoms with Crippen molar-refractivity contribution in [3.63, 3.8) is 0 Å². The molecule has 2 aromatic carbocycles. The summed E-state index contributed by atoms with van der Waals surface area (Å²) >= 11 is 1.53. The Hall–Kier alpha value is -2.75. The first-order chi connectivity index (χ1) is 15.2. The van der Waals surface area contributed by atoms with Gasteiger partial charge in [-0.2, -0.15) is 8.42 Å². The minimum atomic E-state index is -4.31. The van der Waals surface area contributed by atoms with E-state index < -0.39 is 10.3 Å². The molecular formula is C23H27N3O4S2. The molecule has 0 radical (unpaired) electrons. The third kappa shape index (κ3) is 6.88. The maximum absolute atomic E-state index is 13.4. The predicted molar refractivity (Wildman–Crippen MR) is 128 cm³/mol. The van der Waals surface area contributed by atoms with E-state index in [1.54, 1.807) is 29.2 Å². The summed E-state index contributed by atoms with van der Waals surface area (Å²) in [5, 5.41) is 0.691. The first kappa shape index (κ1) is 23.9. The Morgan fingerprint density at radius 3 is 2.41 bits per heavy atom. The first-order valence-electron chi connectivity index (χ1n) is 10.4. The van der Waals surface area contributed by atoms with E-state index in [9.17, 15) is 13.2 Å². The van der Waals surface area contributed by atoms with E-state index >= 15 is 0 Å². The number of aryl methyl sites for hydroxylation is 1. The monoisotopic (exact) mass is 473 g/mol. The summed E-state index contributed by atoms with van der Waals surface area (Å²) in [5.41, 5.74) is 2.32. The van der Waals surface area contributed by atoms with E-state index in [0.717, 1.165) is 22.4 Å². The van der Waals surface area contributed by atoms with Crippen molar-refractivity contribution in [3.05, 3.63) is 76.8 Å². The Labute approximate surface area is 193 Å². The summed E-state index contributed by atoms with van der Waals surface area (Å²) in [6, 6.07) is 16.6.